The van der Waals surface area contributed by atoms with Crippen molar-refractivity contribution in [2.45, 2.75) is 54.1 Å². The molecule has 0 aromatic heterocycles. The standard InChI is InChI=1S/C10H5F17O4S/c11-3(12,1-2-31-32(28,29)30)4(13,14)5(15,16)6(17,18)7(19,20)8(21,22)9(23,24)10(25,26)27/h1-2H2,(H,28,29,30). The molecule has 1 N–H and O–H groups in total. The minimum absolute atomic E-state index is 2.44. The molecule has 0 unspecified atom stereocenters. The third kappa shape index (κ3) is 4.53. The minimum atomic E-state index is -8.74. The van der Waals surface area contributed by atoms with Crippen molar-refractivity contribution in [3.8, 4) is 0 Å². The van der Waals surface area contributed by atoms with Crippen LogP contribution in [0.15, 0.2) is 0 Å². The van der Waals surface area contributed by atoms with Crippen LogP contribution in [0.5, 0.6) is 0 Å². The van der Waals surface area contributed by atoms with Gasteiger partial charge in [0.05, 0.1) is 6.61 Å². The van der Waals surface area contributed by atoms with Gasteiger partial charge in [0.1, 0.15) is 0 Å². The molecule has 0 saturated carbocycles. The lowest BCUT2D eigenvalue weighted by Gasteiger charge is -2.42. The lowest BCUT2D eigenvalue weighted by Crippen LogP contribution is -2.74. The van der Waals surface area contributed by atoms with E-state index in [-0.39, 0.29) is 0 Å². The molecule has 0 amide bonds. The van der Waals surface area contributed by atoms with Crippen molar-refractivity contribution >= 4 is 10.4 Å². The van der Waals surface area contributed by atoms with E-state index in [2.05, 4.69) is 4.18 Å². The molecule has 0 aliphatic carbocycles. The number of hydrogen-bond donors (Lipinski definition) is 1. The second-order valence-electron chi connectivity index (χ2n) is 5.65. The van der Waals surface area contributed by atoms with E-state index in [1.54, 1.807) is 0 Å². The van der Waals surface area contributed by atoms with E-state index < -0.39 is 71.1 Å². The first kappa shape index (κ1) is 30.7. The van der Waals surface area contributed by atoms with Crippen molar-refractivity contribution in [2.24, 2.45) is 0 Å². The predicted molar refractivity (Wildman–Crippen MR) is 62.8 cm³/mol. The molecule has 0 aliphatic heterocycles. The van der Waals surface area contributed by atoms with E-state index >= 15 is 0 Å². The van der Waals surface area contributed by atoms with E-state index in [1.165, 1.54) is 0 Å². The van der Waals surface area contributed by atoms with Crippen LogP contribution in [0.4, 0.5) is 74.6 Å². The van der Waals surface area contributed by atoms with Crippen LogP contribution in [0.3, 0.4) is 0 Å². The summed E-state index contributed by atoms with van der Waals surface area (Å²) < 4.78 is 250. The third-order valence-electron chi connectivity index (χ3n) is 3.44. The molecule has 0 aromatic carbocycles. The Morgan fingerprint density at radius 1 is 0.531 bits per heavy atom. The van der Waals surface area contributed by atoms with Crippen LogP contribution in [0, 0.1) is 0 Å². The second-order valence-corrected chi connectivity index (χ2v) is 6.74. The highest BCUT2D eigenvalue weighted by Crippen LogP contribution is 2.64. The van der Waals surface area contributed by atoms with Gasteiger partial charge in [0.25, 0.3) is 0 Å². The lowest BCUT2D eigenvalue weighted by molar-refractivity contribution is -0.461. The van der Waals surface area contributed by atoms with Crippen LogP contribution in [0.2, 0.25) is 0 Å². The average molecular weight is 544 g/mol. The molecule has 32 heavy (non-hydrogen) atoms. The van der Waals surface area contributed by atoms with Gasteiger partial charge in [0.15, 0.2) is 0 Å². The van der Waals surface area contributed by atoms with Gasteiger partial charge in [-0.2, -0.15) is 83.1 Å². The molecule has 0 saturated heterocycles. The zero-order valence-corrected chi connectivity index (χ0v) is 14.7. The summed E-state index contributed by atoms with van der Waals surface area (Å²) in [5, 5.41) is 0. The van der Waals surface area contributed by atoms with Gasteiger partial charge in [0.2, 0.25) is 0 Å². The van der Waals surface area contributed by atoms with Crippen molar-refractivity contribution in [1.29, 1.82) is 0 Å². The van der Waals surface area contributed by atoms with Crippen LogP contribution < -0.4 is 0 Å². The quantitative estimate of drug-likeness (QED) is 0.304. The molecule has 0 atom stereocenters. The third-order valence-corrected chi connectivity index (χ3v) is 3.90. The molecule has 0 aliphatic rings. The Hall–Kier alpha value is -1.32. The fraction of sp³-hybridized carbons (Fsp3) is 1.00. The highest BCUT2D eigenvalue weighted by molar-refractivity contribution is 7.80. The zero-order chi connectivity index (χ0) is 26.6. The van der Waals surface area contributed by atoms with Crippen molar-refractivity contribution in [3.05, 3.63) is 0 Å². The summed E-state index contributed by atoms with van der Waals surface area (Å²) in [5.41, 5.74) is 0. The number of halogens is 17. The highest BCUT2D eigenvalue weighted by atomic mass is 32.3. The normalized spacial score (nSPS) is 16.4. The van der Waals surface area contributed by atoms with Gasteiger partial charge >= 0.3 is 58.0 Å². The van der Waals surface area contributed by atoms with Gasteiger partial charge in [-0.15, -0.1) is 0 Å². The maximum absolute atomic E-state index is 13.3. The van der Waals surface area contributed by atoms with Gasteiger partial charge < -0.3 is 0 Å². The molecule has 0 fully saturated rings. The van der Waals surface area contributed by atoms with Crippen LogP contribution in [0.1, 0.15) is 6.42 Å². The van der Waals surface area contributed by atoms with Gasteiger partial charge in [-0.05, 0) is 0 Å². The average Bonchev–Trinajstić information content (AvgIpc) is 2.50. The van der Waals surface area contributed by atoms with Crippen molar-refractivity contribution in [2.75, 3.05) is 6.61 Å². The summed E-state index contributed by atoms with van der Waals surface area (Å²) in [4.78, 5) is 0. The Labute approximate surface area is 164 Å². The van der Waals surface area contributed by atoms with Crippen LogP contribution in [-0.2, 0) is 14.6 Å². The second kappa shape index (κ2) is 7.87. The summed E-state index contributed by atoms with van der Waals surface area (Å²) >= 11 is 0. The predicted octanol–water partition coefficient (Wildman–Crippen LogP) is 5.21. The molecule has 4 nitrogen and oxygen atoms in total. The number of hydrogen-bond acceptors (Lipinski definition) is 3. The molecule has 0 aromatic rings. The molecule has 0 radical (unpaired) electrons. The number of rotatable bonds is 10. The summed E-state index contributed by atoms with van der Waals surface area (Å²) in [6, 6.07) is 0. The van der Waals surface area contributed by atoms with Gasteiger partial charge in [0, 0.05) is 6.42 Å². The lowest BCUT2D eigenvalue weighted by atomic mass is 9.88. The van der Waals surface area contributed by atoms with E-state index in [9.17, 15) is 83.1 Å². The maximum Gasteiger partial charge on any atom is 0.460 e. The first-order valence-electron chi connectivity index (χ1n) is 6.79. The summed E-state index contributed by atoms with van der Waals surface area (Å²) in [7, 11) is -5.75. The first-order valence-corrected chi connectivity index (χ1v) is 8.15. The molecule has 0 heterocycles. The molecule has 194 valence electrons. The summed E-state index contributed by atoms with van der Waals surface area (Å²) in [6.07, 6.45) is -11.0. The zero-order valence-electron chi connectivity index (χ0n) is 13.9. The molecule has 22 heteroatoms. The molecule has 0 spiro atoms. The fourth-order valence-corrected chi connectivity index (χ4v) is 1.92. The Morgan fingerprint density at radius 3 is 1.09 bits per heavy atom. The van der Waals surface area contributed by atoms with Crippen molar-refractivity contribution in [3.63, 3.8) is 0 Å². The van der Waals surface area contributed by atoms with Crippen LogP contribution >= 0.6 is 0 Å². The largest absolute Gasteiger partial charge is 0.460 e. The molecular formula is C10H5F17O4S. The molecular weight excluding hydrogens is 539 g/mol. The van der Waals surface area contributed by atoms with Gasteiger partial charge in [-0.25, -0.2) is 4.18 Å². The van der Waals surface area contributed by atoms with Crippen molar-refractivity contribution < 1.29 is 91.8 Å². The Balaban J connectivity index is 6.47. The summed E-state index contributed by atoms with van der Waals surface area (Å²) in [6.45, 7) is -2.44. The van der Waals surface area contributed by atoms with E-state index in [0.717, 1.165) is 0 Å². The smallest absolute Gasteiger partial charge is 0.264 e. The molecule has 0 bridgehead atoms. The first-order chi connectivity index (χ1) is 13.5. The SMILES string of the molecule is O=S(=O)(O)OCCC(F)(F)C(F)(F)C(F)(F)C(F)(F)C(F)(F)C(F)(F)C(F)(F)C(F)(F)F. The topological polar surface area (TPSA) is 63.6 Å². The summed E-state index contributed by atoms with van der Waals surface area (Å²) in [5.74, 6) is -57.5. The van der Waals surface area contributed by atoms with E-state index in [0.29, 0.717) is 0 Å². The minimum Gasteiger partial charge on any atom is -0.264 e. The van der Waals surface area contributed by atoms with Gasteiger partial charge in [-0.1, -0.05) is 0 Å². The van der Waals surface area contributed by atoms with E-state index in [1.807, 2.05) is 0 Å². The number of alkyl halides is 17. The Morgan fingerprint density at radius 2 is 0.812 bits per heavy atom. The monoisotopic (exact) mass is 544 g/mol. The molecule has 0 rings (SSSR count). The van der Waals surface area contributed by atoms with E-state index in [4.69, 9.17) is 4.55 Å². The maximum atomic E-state index is 13.3. The highest BCUT2D eigenvalue weighted by Gasteiger charge is 2.95. The Bertz CT molecular complexity index is 784. The van der Waals surface area contributed by atoms with Gasteiger partial charge in [-0.3, -0.25) is 4.55 Å². The fourth-order valence-electron chi connectivity index (χ4n) is 1.63. The van der Waals surface area contributed by atoms with Crippen LogP contribution in [-0.4, -0.2) is 67.2 Å². The van der Waals surface area contributed by atoms with Crippen LogP contribution in [0.25, 0.3) is 0 Å². The van der Waals surface area contributed by atoms with Crippen molar-refractivity contribution in [1.82, 2.24) is 0 Å². The Kier molecular flexibility index (Phi) is 7.55.